The van der Waals surface area contributed by atoms with Gasteiger partial charge in [0.2, 0.25) is 5.78 Å². The van der Waals surface area contributed by atoms with Crippen molar-refractivity contribution in [3.63, 3.8) is 0 Å². The average Bonchev–Trinajstić information content (AvgIpc) is 2.70. The number of ether oxygens (including phenoxy) is 3. The van der Waals surface area contributed by atoms with Crippen molar-refractivity contribution >= 4 is 22.7 Å². The summed E-state index contributed by atoms with van der Waals surface area (Å²) in [4.78, 5) is 28.7. The average molecular weight is 369 g/mol. The van der Waals surface area contributed by atoms with Gasteiger partial charge in [-0.25, -0.2) is 14.2 Å². The van der Waals surface area contributed by atoms with Gasteiger partial charge in [-0.1, -0.05) is 6.07 Å². The number of carbonyl (C=O) groups excluding carboxylic acids is 2. The van der Waals surface area contributed by atoms with E-state index in [-0.39, 0.29) is 17.0 Å². The summed E-state index contributed by atoms with van der Waals surface area (Å²) in [6.07, 6.45) is 0. The third-order valence-electron chi connectivity index (χ3n) is 3.90. The topological polar surface area (TPSA) is 74.7 Å². The van der Waals surface area contributed by atoms with Crippen molar-refractivity contribution in [3.05, 3.63) is 65.6 Å². The highest BCUT2D eigenvalue weighted by molar-refractivity contribution is 6.01. The summed E-state index contributed by atoms with van der Waals surface area (Å²) < 4.78 is 28.6. The molecule has 0 saturated heterocycles. The highest BCUT2D eigenvalue weighted by Gasteiger charge is 2.17. The van der Waals surface area contributed by atoms with Crippen molar-refractivity contribution in [2.45, 2.75) is 0 Å². The van der Waals surface area contributed by atoms with Crippen molar-refractivity contribution < 1.29 is 28.2 Å². The lowest BCUT2D eigenvalue weighted by atomic mass is 10.1. The first kappa shape index (κ1) is 18.3. The van der Waals surface area contributed by atoms with Crippen molar-refractivity contribution in [2.75, 3.05) is 20.8 Å². The van der Waals surface area contributed by atoms with Gasteiger partial charge in [0, 0.05) is 5.39 Å². The number of halogens is 1. The predicted molar refractivity (Wildman–Crippen MR) is 95.9 cm³/mol. The number of fused-ring (bicyclic) bond motifs is 1. The number of aromatic nitrogens is 1. The predicted octanol–water partition coefficient (Wildman–Crippen LogP) is 3.43. The summed E-state index contributed by atoms with van der Waals surface area (Å²) in [5.74, 6) is -1.04. The monoisotopic (exact) mass is 369 g/mol. The lowest BCUT2D eigenvalue weighted by Crippen LogP contribution is -2.16. The van der Waals surface area contributed by atoms with Gasteiger partial charge < -0.3 is 14.2 Å². The Morgan fingerprint density at radius 1 is 1.00 bits per heavy atom. The first-order valence-electron chi connectivity index (χ1n) is 8.00. The molecule has 0 N–H and O–H groups in total. The number of Topliss-reactive ketones (excluding diaryl/α,β-unsaturated/α-hetero) is 1. The molecule has 0 bridgehead atoms. The first-order valence-corrected chi connectivity index (χ1v) is 8.00. The number of hydrogen-bond donors (Lipinski definition) is 0. The fourth-order valence-corrected chi connectivity index (χ4v) is 2.53. The summed E-state index contributed by atoms with van der Waals surface area (Å²) in [5.41, 5.74) is 0.652. The van der Waals surface area contributed by atoms with Gasteiger partial charge in [0.05, 0.1) is 25.3 Å². The molecule has 1 heterocycles. The molecule has 0 amide bonds. The zero-order chi connectivity index (χ0) is 19.4. The molecule has 1 aromatic heterocycles. The van der Waals surface area contributed by atoms with Crippen LogP contribution in [0, 0.1) is 5.82 Å². The van der Waals surface area contributed by atoms with Gasteiger partial charge in [-0.15, -0.1) is 0 Å². The van der Waals surface area contributed by atoms with Crippen LogP contribution < -0.4 is 9.47 Å². The molecule has 0 aliphatic carbocycles. The minimum absolute atomic E-state index is 0.00358. The number of benzene rings is 2. The van der Waals surface area contributed by atoms with Crippen LogP contribution >= 0.6 is 0 Å². The summed E-state index contributed by atoms with van der Waals surface area (Å²) in [6, 6.07) is 12.0. The van der Waals surface area contributed by atoms with E-state index in [9.17, 15) is 14.0 Å². The molecule has 0 radical (unpaired) electrons. The fourth-order valence-electron chi connectivity index (χ4n) is 2.53. The van der Waals surface area contributed by atoms with Crippen LogP contribution in [0.25, 0.3) is 10.9 Å². The van der Waals surface area contributed by atoms with Crippen molar-refractivity contribution in [1.29, 1.82) is 0 Å². The standard InChI is InChI=1S/C20H16FNO5/c1-25-14-5-7-16-12(9-14)3-6-17(22-16)20(24)27-11-18(23)15-10-13(21)4-8-19(15)26-2/h3-10H,11H2,1-2H3. The molecule has 0 aliphatic rings. The molecule has 3 aromatic rings. The van der Waals surface area contributed by atoms with E-state index in [0.717, 1.165) is 11.5 Å². The smallest absolute Gasteiger partial charge is 0.357 e. The van der Waals surface area contributed by atoms with Crippen LogP contribution in [0.3, 0.4) is 0 Å². The van der Waals surface area contributed by atoms with E-state index < -0.39 is 24.2 Å². The van der Waals surface area contributed by atoms with E-state index in [4.69, 9.17) is 14.2 Å². The van der Waals surface area contributed by atoms with E-state index in [2.05, 4.69) is 4.98 Å². The number of carbonyl (C=O) groups is 2. The molecule has 7 heteroatoms. The Balaban J connectivity index is 1.73. The Morgan fingerprint density at radius 3 is 2.56 bits per heavy atom. The van der Waals surface area contributed by atoms with Crippen molar-refractivity contribution in [1.82, 2.24) is 4.98 Å². The highest BCUT2D eigenvalue weighted by atomic mass is 19.1. The molecule has 0 fully saturated rings. The molecule has 2 aromatic carbocycles. The number of hydrogen-bond acceptors (Lipinski definition) is 6. The second-order valence-corrected chi connectivity index (χ2v) is 5.60. The third-order valence-corrected chi connectivity index (χ3v) is 3.90. The highest BCUT2D eigenvalue weighted by Crippen LogP contribution is 2.21. The van der Waals surface area contributed by atoms with Crippen LogP contribution in [0.5, 0.6) is 11.5 Å². The number of ketones is 1. The molecule has 3 rings (SSSR count). The summed E-state index contributed by atoms with van der Waals surface area (Å²) in [6.45, 7) is -0.555. The minimum Gasteiger partial charge on any atom is -0.497 e. The van der Waals surface area contributed by atoms with E-state index >= 15 is 0 Å². The molecule has 0 spiro atoms. The van der Waals surface area contributed by atoms with Gasteiger partial charge in [0.1, 0.15) is 23.0 Å². The molecule has 0 saturated carbocycles. The van der Waals surface area contributed by atoms with Crippen LogP contribution in [0.4, 0.5) is 4.39 Å². The molecular formula is C20H16FNO5. The zero-order valence-corrected chi connectivity index (χ0v) is 14.7. The number of nitrogens with zero attached hydrogens (tertiary/aromatic N) is 1. The number of methoxy groups -OCH3 is 2. The molecule has 0 atom stereocenters. The second-order valence-electron chi connectivity index (χ2n) is 5.60. The summed E-state index contributed by atoms with van der Waals surface area (Å²) >= 11 is 0. The Kier molecular flexibility index (Phi) is 5.30. The van der Waals surface area contributed by atoms with E-state index in [1.165, 1.54) is 25.3 Å². The normalized spacial score (nSPS) is 10.5. The van der Waals surface area contributed by atoms with E-state index in [1.54, 1.807) is 31.4 Å². The second kappa shape index (κ2) is 7.82. The fraction of sp³-hybridized carbons (Fsp3) is 0.150. The third kappa shape index (κ3) is 4.03. The van der Waals surface area contributed by atoms with Gasteiger partial charge >= 0.3 is 5.97 Å². The zero-order valence-electron chi connectivity index (χ0n) is 14.7. The van der Waals surface area contributed by atoms with Crippen LogP contribution in [-0.4, -0.2) is 37.6 Å². The number of rotatable bonds is 6. The lowest BCUT2D eigenvalue weighted by Gasteiger charge is -2.09. The van der Waals surface area contributed by atoms with Gasteiger partial charge in [-0.2, -0.15) is 0 Å². The summed E-state index contributed by atoms with van der Waals surface area (Å²) in [7, 11) is 2.93. The molecule has 6 nitrogen and oxygen atoms in total. The van der Waals surface area contributed by atoms with Crippen LogP contribution in [0.15, 0.2) is 48.5 Å². The van der Waals surface area contributed by atoms with E-state index in [0.29, 0.717) is 11.3 Å². The Hall–Kier alpha value is -3.48. The maximum atomic E-state index is 13.4. The molecule has 138 valence electrons. The van der Waals surface area contributed by atoms with Crippen molar-refractivity contribution in [2.24, 2.45) is 0 Å². The Labute approximate surface area is 154 Å². The Morgan fingerprint density at radius 2 is 1.81 bits per heavy atom. The SMILES string of the molecule is COc1ccc2nc(C(=O)OCC(=O)c3cc(F)ccc3OC)ccc2c1. The van der Waals surface area contributed by atoms with Gasteiger partial charge in [-0.3, -0.25) is 4.79 Å². The Bertz CT molecular complexity index is 1020. The van der Waals surface area contributed by atoms with Gasteiger partial charge in [0.15, 0.2) is 6.61 Å². The molecule has 27 heavy (non-hydrogen) atoms. The van der Waals surface area contributed by atoms with Crippen LogP contribution in [0.2, 0.25) is 0 Å². The molecule has 0 unspecified atom stereocenters. The number of pyridine rings is 1. The molecule has 0 aliphatic heterocycles. The van der Waals surface area contributed by atoms with Crippen LogP contribution in [-0.2, 0) is 4.74 Å². The van der Waals surface area contributed by atoms with E-state index in [1.807, 2.05) is 0 Å². The largest absolute Gasteiger partial charge is 0.497 e. The lowest BCUT2D eigenvalue weighted by molar-refractivity contribution is 0.0468. The van der Waals surface area contributed by atoms with Gasteiger partial charge in [0.25, 0.3) is 0 Å². The van der Waals surface area contributed by atoms with Gasteiger partial charge in [-0.05, 0) is 42.5 Å². The van der Waals surface area contributed by atoms with Crippen LogP contribution in [0.1, 0.15) is 20.8 Å². The summed E-state index contributed by atoms with van der Waals surface area (Å²) in [5, 5.41) is 0.798. The maximum absolute atomic E-state index is 13.4. The maximum Gasteiger partial charge on any atom is 0.357 e. The quantitative estimate of drug-likeness (QED) is 0.490. The number of esters is 1. The van der Waals surface area contributed by atoms with Crippen molar-refractivity contribution in [3.8, 4) is 11.5 Å². The molecular weight excluding hydrogens is 353 g/mol. The minimum atomic E-state index is -0.753. The first-order chi connectivity index (χ1) is 13.0.